The molecule has 0 bridgehead atoms. The number of benzene rings is 4. The van der Waals surface area contributed by atoms with Crippen molar-refractivity contribution >= 4 is 86.2 Å². The normalized spacial score (nSPS) is 16.0. The van der Waals surface area contributed by atoms with Crippen LogP contribution in [0, 0.1) is 5.82 Å². The number of nitrogens with zero attached hydrogens (tertiary/aromatic N) is 6. The number of carbonyl (C=O) groups excluding carboxylic acids is 6. The van der Waals surface area contributed by atoms with Crippen LogP contribution in [0.1, 0.15) is 40.0 Å². The van der Waals surface area contributed by atoms with E-state index in [1.54, 1.807) is 36.2 Å². The van der Waals surface area contributed by atoms with Gasteiger partial charge in [0.2, 0.25) is 29.6 Å². The molecule has 3 aliphatic heterocycles. The summed E-state index contributed by atoms with van der Waals surface area (Å²) in [6, 6.07) is 15.7. The van der Waals surface area contributed by atoms with E-state index in [1.807, 2.05) is 29.2 Å². The van der Waals surface area contributed by atoms with Gasteiger partial charge in [0.15, 0.2) is 5.82 Å². The van der Waals surface area contributed by atoms with Gasteiger partial charge in [-0.2, -0.15) is 4.98 Å². The summed E-state index contributed by atoms with van der Waals surface area (Å²) in [5.74, 6) is -2.94. The number of hydrogen-bond acceptors (Lipinski definition) is 14. The Kier molecular flexibility index (Phi) is 14.4. The van der Waals surface area contributed by atoms with Gasteiger partial charge < -0.3 is 39.9 Å². The van der Waals surface area contributed by atoms with Crippen molar-refractivity contribution in [1.82, 2.24) is 30.0 Å². The zero-order chi connectivity index (χ0) is 48.1. The van der Waals surface area contributed by atoms with Crippen LogP contribution in [-0.4, -0.2) is 151 Å². The number of carbonyl (C=O) groups is 6. The third-order valence-corrected chi connectivity index (χ3v) is 12.4. The van der Waals surface area contributed by atoms with Crippen molar-refractivity contribution in [3.05, 3.63) is 95.3 Å². The first-order chi connectivity index (χ1) is 32.8. The van der Waals surface area contributed by atoms with Crippen molar-refractivity contribution in [1.29, 1.82) is 0 Å². The van der Waals surface area contributed by atoms with Gasteiger partial charge in [-0.25, -0.2) is 9.37 Å². The molecule has 18 nitrogen and oxygen atoms in total. The zero-order valence-electron chi connectivity index (χ0n) is 37.2. The lowest BCUT2D eigenvalue weighted by molar-refractivity contribution is -0.136. The molecule has 0 saturated carbocycles. The number of phenols is 1. The second kappa shape index (κ2) is 20.7. The Labute approximate surface area is 395 Å². The van der Waals surface area contributed by atoms with E-state index < -0.39 is 35.5 Å². The fraction of sp³-hybridized carbons (Fsp3) is 0.333. The molecule has 1 atom stereocenters. The summed E-state index contributed by atoms with van der Waals surface area (Å²) in [6.45, 7) is 6.92. The van der Waals surface area contributed by atoms with Crippen molar-refractivity contribution in [2.45, 2.75) is 25.3 Å². The standard InChI is InChI=1S/C48H49ClFN9O9/c1-3-38(62)57-16-18-58(19-17-57)44-33-27-34(49)40(32-26-29(60)25-28-7-4-5-8-30(28)32)42(50)43(33)54-48(55-44)52-14-13-39(63)56(2)20-22-68-24-23-67-21-15-51-35-10-6-9-31-41(35)47(66)59(46(31)65)36-11-12-37(61)53-45(36)64/h3-10,25-27,36,51,60H,1,11-24H2,2H3,(H,52,54,55)(H,53,61,64). The molecule has 354 valence electrons. The molecule has 0 aliphatic carbocycles. The van der Waals surface area contributed by atoms with E-state index in [9.17, 15) is 33.9 Å². The predicted octanol–water partition coefficient (Wildman–Crippen LogP) is 4.59. The van der Waals surface area contributed by atoms with Gasteiger partial charge in [-0.3, -0.25) is 39.0 Å². The third-order valence-electron chi connectivity index (χ3n) is 12.1. The molecule has 20 heteroatoms. The maximum absolute atomic E-state index is 16.9. The Bertz CT molecular complexity index is 2840. The number of halogens is 2. The fourth-order valence-corrected chi connectivity index (χ4v) is 8.85. The number of likely N-dealkylation sites (N-methyl/N-ethyl adjacent to an activating group) is 1. The molecule has 4 N–H and O–H groups in total. The van der Waals surface area contributed by atoms with Gasteiger partial charge >= 0.3 is 0 Å². The number of piperazine rings is 1. The Hall–Kier alpha value is -7.22. The Balaban J connectivity index is 0.824. The van der Waals surface area contributed by atoms with Crippen LogP contribution in [0.25, 0.3) is 32.8 Å². The molecule has 5 aromatic rings. The number of aromatic hydroxyl groups is 1. The lowest BCUT2D eigenvalue weighted by atomic mass is 9.96. The molecular weight excluding hydrogens is 901 g/mol. The molecule has 0 spiro atoms. The van der Waals surface area contributed by atoms with Crippen LogP contribution in [-0.2, 0) is 28.7 Å². The minimum atomic E-state index is -1.06. The molecule has 0 radical (unpaired) electrons. The molecule has 68 heavy (non-hydrogen) atoms. The molecule has 1 unspecified atom stereocenters. The number of aromatic nitrogens is 2. The Morgan fingerprint density at radius 3 is 2.44 bits per heavy atom. The number of nitrogens with one attached hydrogen (secondary N) is 3. The van der Waals surface area contributed by atoms with Crippen LogP contribution < -0.4 is 20.9 Å². The van der Waals surface area contributed by atoms with Crippen molar-refractivity contribution < 1.29 is 47.7 Å². The summed E-state index contributed by atoms with van der Waals surface area (Å²) >= 11 is 6.86. The summed E-state index contributed by atoms with van der Waals surface area (Å²) in [5.41, 5.74) is 1.22. The van der Waals surface area contributed by atoms with Crippen molar-refractivity contribution in [3.8, 4) is 16.9 Å². The van der Waals surface area contributed by atoms with Crippen LogP contribution in [0.4, 0.5) is 21.8 Å². The largest absolute Gasteiger partial charge is 0.508 e. The smallest absolute Gasteiger partial charge is 0.264 e. The highest BCUT2D eigenvalue weighted by molar-refractivity contribution is 6.35. The Morgan fingerprint density at radius 2 is 1.68 bits per heavy atom. The monoisotopic (exact) mass is 949 g/mol. The van der Waals surface area contributed by atoms with Gasteiger partial charge in [0, 0.05) is 82.3 Å². The number of imide groups is 2. The van der Waals surface area contributed by atoms with Crippen LogP contribution in [0.2, 0.25) is 5.02 Å². The van der Waals surface area contributed by atoms with E-state index in [0.29, 0.717) is 72.5 Å². The summed E-state index contributed by atoms with van der Waals surface area (Å²) in [6.07, 6.45) is 1.43. The minimum absolute atomic E-state index is 0.0108. The first-order valence-corrected chi connectivity index (χ1v) is 22.5. The number of anilines is 3. The van der Waals surface area contributed by atoms with Crippen molar-refractivity contribution in [2.75, 3.05) is 94.8 Å². The number of ether oxygens (including phenoxy) is 2. The number of piperidine rings is 1. The second-order valence-electron chi connectivity index (χ2n) is 16.4. The van der Waals surface area contributed by atoms with Gasteiger partial charge in [-0.05, 0) is 59.2 Å². The molecular formula is C48H49ClFN9O9. The molecule has 2 saturated heterocycles. The average Bonchev–Trinajstić information content (AvgIpc) is 3.59. The number of hydrogen-bond donors (Lipinski definition) is 4. The van der Waals surface area contributed by atoms with Crippen molar-refractivity contribution in [2.24, 2.45) is 0 Å². The SMILES string of the molecule is C=CC(=O)N1CCN(c2nc(NCCC(=O)N(C)CCOCCOCCNc3cccc4c3C(=O)N(C3CCC(=O)NC3=O)C4=O)nc3c(F)c(-c4cc(O)cc5ccccc45)c(Cl)cc23)CC1. The zero-order valence-corrected chi connectivity index (χ0v) is 37.9. The summed E-state index contributed by atoms with van der Waals surface area (Å²) in [4.78, 5) is 91.3. The van der Waals surface area contributed by atoms with Gasteiger partial charge in [0.25, 0.3) is 11.8 Å². The maximum atomic E-state index is 16.9. The van der Waals surface area contributed by atoms with Crippen molar-refractivity contribution in [3.63, 3.8) is 0 Å². The quantitative estimate of drug-likeness (QED) is 0.0538. The first kappa shape index (κ1) is 47.3. The molecule has 3 aliphatic rings. The van der Waals surface area contributed by atoms with Crippen LogP contribution in [0.5, 0.6) is 5.75 Å². The van der Waals surface area contributed by atoms with Gasteiger partial charge in [0.1, 0.15) is 23.1 Å². The van der Waals surface area contributed by atoms with Crippen LogP contribution in [0.15, 0.2) is 73.3 Å². The summed E-state index contributed by atoms with van der Waals surface area (Å²) < 4.78 is 28.3. The third kappa shape index (κ3) is 9.90. The number of amides is 6. The van der Waals surface area contributed by atoms with Crippen LogP contribution >= 0.6 is 11.6 Å². The molecule has 1 aromatic heterocycles. The maximum Gasteiger partial charge on any atom is 0.264 e. The molecule has 8 rings (SSSR count). The lowest BCUT2D eigenvalue weighted by Gasteiger charge is -2.35. The molecule has 4 aromatic carbocycles. The Morgan fingerprint density at radius 1 is 0.912 bits per heavy atom. The predicted molar refractivity (Wildman–Crippen MR) is 252 cm³/mol. The summed E-state index contributed by atoms with van der Waals surface area (Å²) in [7, 11) is 1.66. The first-order valence-electron chi connectivity index (χ1n) is 22.1. The van der Waals surface area contributed by atoms with E-state index in [-0.39, 0.29) is 103 Å². The van der Waals surface area contributed by atoms with Gasteiger partial charge in [-0.1, -0.05) is 48.5 Å². The lowest BCUT2D eigenvalue weighted by Crippen LogP contribution is -2.54. The second-order valence-corrected chi connectivity index (χ2v) is 16.8. The van der Waals surface area contributed by atoms with E-state index >= 15 is 4.39 Å². The number of phenolic OH excluding ortho intramolecular Hbond substituents is 1. The minimum Gasteiger partial charge on any atom is -0.508 e. The summed E-state index contributed by atoms with van der Waals surface area (Å²) in [5, 5.41) is 20.8. The molecule has 6 amide bonds. The van der Waals surface area contributed by atoms with Gasteiger partial charge in [-0.15, -0.1) is 0 Å². The number of fused-ring (bicyclic) bond motifs is 3. The van der Waals surface area contributed by atoms with E-state index in [4.69, 9.17) is 26.1 Å². The van der Waals surface area contributed by atoms with E-state index in [1.165, 1.54) is 23.1 Å². The topological polar surface area (TPSA) is 216 Å². The van der Waals surface area contributed by atoms with E-state index in [0.717, 1.165) is 4.90 Å². The van der Waals surface area contributed by atoms with Gasteiger partial charge in [0.05, 0.1) is 42.6 Å². The highest BCUT2D eigenvalue weighted by atomic mass is 35.5. The van der Waals surface area contributed by atoms with Crippen LogP contribution in [0.3, 0.4) is 0 Å². The fourth-order valence-electron chi connectivity index (χ4n) is 8.56. The average molecular weight is 950 g/mol. The molecule has 2 fully saturated rings. The number of rotatable bonds is 18. The highest BCUT2D eigenvalue weighted by Crippen LogP contribution is 2.42. The van der Waals surface area contributed by atoms with E-state index in [2.05, 4.69) is 27.5 Å². The highest BCUT2D eigenvalue weighted by Gasteiger charge is 2.45. The molecule has 4 heterocycles.